The second kappa shape index (κ2) is 7.52. The van der Waals surface area contributed by atoms with Gasteiger partial charge in [-0.25, -0.2) is 9.59 Å². The second-order valence-corrected chi connectivity index (χ2v) is 6.46. The van der Waals surface area contributed by atoms with Crippen LogP contribution in [0.4, 0.5) is 5.69 Å². The maximum Gasteiger partial charge on any atom is 0.334 e. The third kappa shape index (κ3) is 3.09. The zero-order valence-corrected chi connectivity index (χ0v) is 15.6. The van der Waals surface area contributed by atoms with Gasteiger partial charge in [0.1, 0.15) is 0 Å². The fourth-order valence-corrected chi connectivity index (χ4v) is 3.82. The van der Waals surface area contributed by atoms with E-state index in [-0.39, 0.29) is 35.2 Å². The minimum atomic E-state index is -1.71. The molecule has 0 aliphatic carbocycles. The number of nitro benzene ring substituents is 1. The van der Waals surface area contributed by atoms with E-state index in [9.17, 15) is 29.9 Å². The summed E-state index contributed by atoms with van der Waals surface area (Å²) in [7, 11) is 1.55. The molecule has 0 aromatic heterocycles. The Morgan fingerprint density at radius 1 is 1.21 bits per heavy atom. The molecule has 1 aromatic rings. The van der Waals surface area contributed by atoms with E-state index in [1.165, 1.54) is 29.2 Å². The number of allylic oxidation sites excluding steroid dienone is 2. The van der Waals surface area contributed by atoms with Gasteiger partial charge in [0.15, 0.2) is 0 Å². The average Bonchev–Trinajstić information content (AvgIpc) is 2.63. The number of nitrogens with zero attached hydrogens (tertiary/aromatic N) is 3. The van der Waals surface area contributed by atoms with Crippen LogP contribution in [0.5, 0.6) is 0 Å². The number of non-ortho nitro benzene ring substituents is 1. The molecule has 0 unspecified atom stereocenters. The fourth-order valence-electron chi connectivity index (χ4n) is 3.82. The highest BCUT2D eigenvalue weighted by Crippen LogP contribution is 2.50. The third-order valence-corrected chi connectivity index (χ3v) is 5.17. The van der Waals surface area contributed by atoms with Gasteiger partial charge in [-0.2, -0.15) is 5.26 Å². The molecular weight excluding hydrogens is 366 g/mol. The molecule has 0 fully saturated rings. The third-order valence-electron chi connectivity index (χ3n) is 5.17. The van der Waals surface area contributed by atoms with Crippen LogP contribution in [0, 0.1) is 21.4 Å². The number of nitriles is 1. The van der Waals surface area contributed by atoms with Crippen LogP contribution in [0.3, 0.4) is 0 Å². The second-order valence-electron chi connectivity index (χ2n) is 6.46. The van der Waals surface area contributed by atoms with Crippen molar-refractivity contribution < 1.29 is 24.7 Å². The molecule has 28 heavy (non-hydrogen) atoms. The molecule has 9 nitrogen and oxygen atoms in total. The highest BCUT2D eigenvalue weighted by molar-refractivity contribution is 6.00. The lowest BCUT2D eigenvalue weighted by Gasteiger charge is -2.43. The Bertz CT molecular complexity index is 932. The first kappa shape index (κ1) is 20.6. The molecule has 0 bridgehead atoms. The number of carbonyl (C=O) groups is 2. The lowest BCUT2D eigenvalue weighted by molar-refractivity contribution is -0.385. The van der Waals surface area contributed by atoms with Gasteiger partial charge in [0.25, 0.3) is 5.69 Å². The van der Waals surface area contributed by atoms with Crippen molar-refractivity contribution in [2.45, 2.75) is 32.1 Å². The van der Waals surface area contributed by atoms with Crippen molar-refractivity contribution in [3.05, 3.63) is 62.5 Å². The van der Waals surface area contributed by atoms with E-state index in [1.54, 1.807) is 20.9 Å². The monoisotopic (exact) mass is 385 g/mol. The van der Waals surface area contributed by atoms with E-state index < -0.39 is 22.3 Å². The van der Waals surface area contributed by atoms with Gasteiger partial charge in [-0.3, -0.25) is 10.1 Å². The molecule has 2 N–H and O–H groups in total. The maximum atomic E-state index is 12.2. The van der Waals surface area contributed by atoms with E-state index in [0.29, 0.717) is 11.4 Å². The Morgan fingerprint density at radius 3 is 2.18 bits per heavy atom. The number of hydrogen-bond acceptors (Lipinski definition) is 6. The Morgan fingerprint density at radius 2 is 1.75 bits per heavy atom. The predicted molar refractivity (Wildman–Crippen MR) is 98.1 cm³/mol. The van der Waals surface area contributed by atoms with E-state index in [4.69, 9.17) is 5.26 Å². The summed E-state index contributed by atoms with van der Waals surface area (Å²) in [6.45, 7) is 3.09. The number of carboxylic acids is 2. The summed E-state index contributed by atoms with van der Waals surface area (Å²) >= 11 is 0. The molecule has 9 heteroatoms. The maximum absolute atomic E-state index is 12.2. The molecule has 1 aliphatic rings. The average molecular weight is 385 g/mol. The first-order valence-electron chi connectivity index (χ1n) is 8.34. The summed E-state index contributed by atoms with van der Waals surface area (Å²) in [6, 6.07) is 7.18. The van der Waals surface area contributed by atoms with Gasteiger partial charge in [0, 0.05) is 37.0 Å². The largest absolute Gasteiger partial charge is 0.478 e. The number of benzene rings is 1. The number of aliphatic carboxylic acids is 2. The highest BCUT2D eigenvalue weighted by Gasteiger charge is 2.51. The first-order valence-corrected chi connectivity index (χ1v) is 8.34. The topological polar surface area (TPSA) is 145 Å². The predicted octanol–water partition coefficient (Wildman–Crippen LogP) is 2.80. The van der Waals surface area contributed by atoms with Crippen LogP contribution >= 0.6 is 0 Å². The van der Waals surface area contributed by atoms with Crippen LogP contribution in [0.1, 0.15) is 32.3 Å². The van der Waals surface area contributed by atoms with Gasteiger partial charge in [0.05, 0.1) is 27.6 Å². The number of rotatable bonds is 6. The van der Waals surface area contributed by atoms with Crippen molar-refractivity contribution >= 4 is 17.6 Å². The van der Waals surface area contributed by atoms with Crippen LogP contribution in [-0.2, 0) is 15.0 Å². The van der Waals surface area contributed by atoms with Gasteiger partial charge >= 0.3 is 11.9 Å². The Labute approximate surface area is 161 Å². The van der Waals surface area contributed by atoms with Crippen LogP contribution in [-0.4, -0.2) is 39.0 Å². The Hall–Kier alpha value is -3.67. The molecule has 1 aromatic carbocycles. The van der Waals surface area contributed by atoms with Crippen molar-refractivity contribution in [1.82, 2.24) is 4.90 Å². The van der Waals surface area contributed by atoms with Gasteiger partial charge in [0.2, 0.25) is 0 Å². The lowest BCUT2D eigenvalue weighted by atomic mass is 9.63. The Balaban J connectivity index is 3.03. The summed E-state index contributed by atoms with van der Waals surface area (Å²) < 4.78 is 0. The van der Waals surface area contributed by atoms with E-state index in [1.807, 2.05) is 6.07 Å². The summed E-state index contributed by atoms with van der Waals surface area (Å²) in [5.74, 6) is -2.69. The molecular formula is C19H19N3O6. The van der Waals surface area contributed by atoms with Gasteiger partial charge in [-0.15, -0.1) is 0 Å². The van der Waals surface area contributed by atoms with Crippen molar-refractivity contribution in [1.29, 1.82) is 5.26 Å². The molecule has 146 valence electrons. The van der Waals surface area contributed by atoms with Crippen molar-refractivity contribution in [3.63, 3.8) is 0 Å². The highest BCUT2D eigenvalue weighted by atomic mass is 16.6. The molecule has 0 radical (unpaired) electrons. The number of hydrogen-bond donors (Lipinski definition) is 2. The van der Waals surface area contributed by atoms with E-state index >= 15 is 0 Å². The van der Waals surface area contributed by atoms with E-state index in [0.717, 1.165) is 0 Å². The van der Waals surface area contributed by atoms with Crippen LogP contribution < -0.4 is 0 Å². The molecule has 1 heterocycles. The molecule has 1 aliphatic heterocycles. The standard InChI is InChI=1S/C19H19N3O6/c1-11-15(17(23)24)19(8-5-9-20,16(18(25)26)12(2)21(11)3)13-6-4-7-14(10-13)22(27)28/h4,6-7,10H,5,8H2,1-3H3,(H,23,24)(H,25,26). The minimum Gasteiger partial charge on any atom is -0.478 e. The smallest absolute Gasteiger partial charge is 0.334 e. The van der Waals surface area contributed by atoms with Crippen molar-refractivity contribution in [2.75, 3.05) is 7.05 Å². The van der Waals surface area contributed by atoms with Crippen LogP contribution in [0.25, 0.3) is 0 Å². The summed E-state index contributed by atoms with van der Waals surface area (Å²) in [5, 5.41) is 40.3. The minimum absolute atomic E-state index is 0.138. The van der Waals surface area contributed by atoms with Gasteiger partial charge < -0.3 is 15.1 Å². The van der Waals surface area contributed by atoms with Gasteiger partial charge in [-0.1, -0.05) is 12.1 Å². The van der Waals surface area contributed by atoms with Crippen LogP contribution in [0.15, 0.2) is 46.8 Å². The molecule has 0 saturated heterocycles. The molecule has 2 rings (SSSR count). The lowest BCUT2D eigenvalue weighted by Crippen LogP contribution is -2.45. The molecule has 0 saturated carbocycles. The normalized spacial score (nSPS) is 16.0. The van der Waals surface area contributed by atoms with Crippen molar-refractivity contribution in [3.8, 4) is 6.07 Å². The zero-order chi connectivity index (χ0) is 21.2. The van der Waals surface area contributed by atoms with Crippen LogP contribution in [0.2, 0.25) is 0 Å². The van der Waals surface area contributed by atoms with Gasteiger partial charge in [-0.05, 0) is 25.8 Å². The quantitative estimate of drug-likeness (QED) is 0.561. The zero-order valence-electron chi connectivity index (χ0n) is 15.6. The molecule has 0 spiro atoms. The summed E-state index contributed by atoms with van der Waals surface area (Å²) in [5.41, 5.74) is -1.67. The Kier molecular flexibility index (Phi) is 5.54. The molecule has 0 atom stereocenters. The summed E-state index contributed by atoms with van der Waals surface area (Å²) in [4.78, 5) is 36.6. The van der Waals surface area contributed by atoms with E-state index in [2.05, 4.69) is 0 Å². The summed E-state index contributed by atoms with van der Waals surface area (Å²) in [6.07, 6.45) is -0.281. The first-order chi connectivity index (χ1) is 13.1. The number of carboxylic acid groups (broad SMARTS) is 2. The SMILES string of the molecule is CC1=C(C(=O)O)C(CCC#N)(c2cccc([N+](=O)[O-])c2)C(C(=O)O)=C(C)N1C. The number of nitro groups is 1. The van der Waals surface area contributed by atoms with Crippen molar-refractivity contribution in [2.24, 2.45) is 0 Å². The molecule has 0 amide bonds. The fraction of sp³-hybridized carbons (Fsp3) is 0.316.